The van der Waals surface area contributed by atoms with Gasteiger partial charge in [0.1, 0.15) is 11.9 Å². The molecule has 0 amide bonds. The maximum Gasteiger partial charge on any atom is 0.328 e. The van der Waals surface area contributed by atoms with Crippen LogP contribution < -0.4 is 5.32 Å². The van der Waals surface area contributed by atoms with Gasteiger partial charge in [-0.2, -0.15) is 0 Å². The number of benzene rings is 1. The first-order valence-electron chi connectivity index (χ1n) is 5.57. The number of carbonyl (C=O) groups excluding carboxylic acids is 1. The normalized spacial score (nSPS) is 12.1. The highest BCUT2D eigenvalue weighted by Gasteiger charge is 2.20. The van der Waals surface area contributed by atoms with Crippen LogP contribution in [-0.4, -0.2) is 18.6 Å². The second kappa shape index (κ2) is 6.95. The van der Waals surface area contributed by atoms with Crippen molar-refractivity contribution < 1.29 is 13.9 Å². The zero-order valence-corrected chi connectivity index (χ0v) is 12.4. The van der Waals surface area contributed by atoms with E-state index in [0.29, 0.717) is 23.2 Å². The predicted molar refractivity (Wildman–Crippen MR) is 73.4 cm³/mol. The molecule has 0 heterocycles. The van der Waals surface area contributed by atoms with Crippen molar-refractivity contribution in [3.05, 3.63) is 27.4 Å². The van der Waals surface area contributed by atoms with Crippen LogP contribution in [0, 0.1) is 5.82 Å². The van der Waals surface area contributed by atoms with Gasteiger partial charge in [0, 0.05) is 4.47 Å². The largest absolute Gasteiger partial charge is 0.464 e. The number of halogens is 3. The number of nitrogens with one attached hydrogen (secondary N) is 1. The van der Waals surface area contributed by atoms with Gasteiger partial charge in [-0.15, -0.1) is 0 Å². The van der Waals surface area contributed by atoms with E-state index in [4.69, 9.17) is 16.3 Å². The molecular formula is C12H14BrClFNO2. The number of esters is 1. The Hall–Kier alpha value is -0.810. The zero-order chi connectivity index (χ0) is 13.7. The Morgan fingerprint density at radius 1 is 1.56 bits per heavy atom. The Balaban J connectivity index is 2.92. The third-order valence-electron chi connectivity index (χ3n) is 2.30. The standard InChI is InChI=1S/C12H14BrClFNO2/c1-3-10(12(17)18-4-2)16-11-8(13)5-7(15)6-9(11)14/h5-6,10,16H,3-4H2,1-2H3. The summed E-state index contributed by atoms with van der Waals surface area (Å²) in [7, 11) is 0. The number of carbonyl (C=O) groups is 1. The molecule has 3 nitrogen and oxygen atoms in total. The van der Waals surface area contributed by atoms with Gasteiger partial charge in [-0.1, -0.05) is 18.5 Å². The van der Waals surface area contributed by atoms with E-state index in [1.165, 1.54) is 12.1 Å². The molecular weight excluding hydrogens is 324 g/mol. The molecule has 0 spiro atoms. The van der Waals surface area contributed by atoms with Crippen molar-refractivity contribution in [2.75, 3.05) is 11.9 Å². The zero-order valence-electron chi connectivity index (χ0n) is 10.1. The molecule has 0 saturated carbocycles. The van der Waals surface area contributed by atoms with E-state index in [2.05, 4.69) is 21.2 Å². The second-order valence-electron chi connectivity index (χ2n) is 3.60. The number of hydrogen-bond donors (Lipinski definition) is 1. The Labute approximate surface area is 119 Å². The van der Waals surface area contributed by atoms with Gasteiger partial charge in [0.15, 0.2) is 0 Å². The Morgan fingerprint density at radius 3 is 2.72 bits per heavy atom. The molecule has 0 fully saturated rings. The van der Waals surface area contributed by atoms with Crippen LogP contribution in [0.25, 0.3) is 0 Å². The quantitative estimate of drug-likeness (QED) is 0.825. The fourth-order valence-corrected chi connectivity index (χ4v) is 2.35. The average molecular weight is 339 g/mol. The van der Waals surface area contributed by atoms with Gasteiger partial charge >= 0.3 is 5.97 Å². The Morgan fingerprint density at radius 2 is 2.22 bits per heavy atom. The van der Waals surface area contributed by atoms with E-state index in [1.807, 2.05) is 6.92 Å². The number of anilines is 1. The lowest BCUT2D eigenvalue weighted by Gasteiger charge is -2.18. The summed E-state index contributed by atoms with van der Waals surface area (Å²) < 4.78 is 18.5. The van der Waals surface area contributed by atoms with Crippen LogP contribution in [0.4, 0.5) is 10.1 Å². The topological polar surface area (TPSA) is 38.3 Å². The summed E-state index contributed by atoms with van der Waals surface area (Å²) in [6.45, 7) is 3.90. The van der Waals surface area contributed by atoms with Crippen LogP contribution >= 0.6 is 27.5 Å². The van der Waals surface area contributed by atoms with Gasteiger partial charge in [0.2, 0.25) is 0 Å². The van der Waals surface area contributed by atoms with E-state index in [9.17, 15) is 9.18 Å². The van der Waals surface area contributed by atoms with E-state index < -0.39 is 11.9 Å². The van der Waals surface area contributed by atoms with Crippen LogP contribution in [0.3, 0.4) is 0 Å². The van der Waals surface area contributed by atoms with Gasteiger partial charge in [-0.3, -0.25) is 0 Å². The van der Waals surface area contributed by atoms with E-state index in [1.54, 1.807) is 6.92 Å². The lowest BCUT2D eigenvalue weighted by molar-refractivity contribution is -0.144. The average Bonchev–Trinajstić information content (AvgIpc) is 2.28. The lowest BCUT2D eigenvalue weighted by Crippen LogP contribution is -2.31. The highest BCUT2D eigenvalue weighted by Crippen LogP contribution is 2.32. The maximum atomic E-state index is 13.1. The van der Waals surface area contributed by atoms with Crippen LogP contribution in [0.2, 0.25) is 5.02 Å². The maximum absolute atomic E-state index is 13.1. The minimum Gasteiger partial charge on any atom is -0.464 e. The molecule has 0 bridgehead atoms. The SMILES string of the molecule is CCOC(=O)C(CC)Nc1c(Cl)cc(F)cc1Br. The summed E-state index contributed by atoms with van der Waals surface area (Å²) >= 11 is 9.14. The van der Waals surface area contributed by atoms with Gasteiger partial charge in [0.05, 0.1) is 17.3 Å². The highest BCUT2D eigenvalue weighted by molar-refractivity contribution is 9.10. The first kappa shape index (κ1) is 15.2. The van der Waals surface area contributed by atoms with Crippen molar-refractivity contribution >= 4 is 39.2 Å². The summed E-state index contributed by atoms with van der Waals surface area (Å²) in [5.41, 5.74) is 0.484. The molecule has 100 valence electrons. The van der Waals surface area contributed by atoms with Crippen LogP contribution in [0.1, 0.15) is 20.3 Å². The molecule has 0 radical (unpaired) electrons. The van der Waals surface area contributed by atoms with Crippen molar-refractivity contribution in [1.29, 1.82) is 0 Å². The summed E-state index contributed by atoms with van der Waals surface area (Å²) in [6, 6.07) is 1.96. The summed E-state index contributed by atoms with van der Waals surface area (Å²) in [6.07, 6.45) is 0.541. The van der Waals surface area contributed by atoms with Gasteiger partial charge < -0.3 is 10.1 Å². The van der Waals surface area contributed by atoms with Gasteiger partial charge in [-0.25, -0.2) is 9.18 Å². The van der Waals surface area contributed by atoms with E-state index in [0.717, 1.165) is 0 Å². The molecule has 0 aliphatic carbocycles. The summed E-state index contributed by atoms with van der Waals surface area (Å²) in [4.78, 5) is 11.7. The first-order valence-corrected chi connectivity index (χ1v) is 6.74. The number of hydrogen-bond acceptors (Lipinski definition) is 3. The van der Waals surface area contributed by atoms with Crippen LogP contribution in [0.5, 0.6) is 0 Å². The number of rotatable bonds is 5. The molecule has 0 aliphatic heterocycles. The lowest BCUT2D eigenvalue weighted by atomic mass is 10.2. The molecule has 1 aromatic rings. The van der Waals surface area contributed by atoms with E-state index in [-0.39, 0.29) is 11.0 Å². The highest BCUT2D eigenvalue weighted by atomic mass is 79.9. The first-order chi connectivity index (χ1) is 8.49. The Bertz CT molecular complexity index is 419. The van der Waals surface area contributed by atoms with Gasteiger partial charge in [-0.05, 0) is 41.4 Å². The molecule has 6 heteroatoms. The van der Waals surface area contributed by atoms with Crippen molar-refractivity contribution in [3.8, 4) is 0 Å². The third-order valence-corrected chi connectivity index (χ3v) is 3.23. The molecule has 1 rings (SSSR count). The van der Waals surface area contributed by atoms with Crippen molar-refractivity contribution in [2.24, 2.45) is 0 Å². The molecule has 18 heavy (non-hydrogen) atoms. The molecule has 0 aliphatic rings. The van der Waals surface area contributed by atoms with Crippen LogP contribution in [0.15, 0.2) is 16.6 Å². The van der Waals surface area contributed by atoms with Crippen molar-refractivity contribution in [2.45, 2.75) is 26.3 Å². The minimum atomic E-state index is -0.510. The second-order valence-corrected chi connectivity index (χ2v) is 4.86. The fourth-order valence-electron chi connectivity index (χ4n) is 1.42. The smallest absolute Gasteiger partial charge is 0.328 e. The fraction of sp³-hybridized carbons (Fsp3) is 0.417. The third kappa shape index (κ3) is 3.85. The molecule has 1 atom stereocenters. The van der Waals surface area contributed by atoms with Crippen LogP contribution in [-0.2, 0) is 9.53 Å². The monoisotopic (exact) mass is 337 g/mol. The molecule has 1 aromatic carbocycles. The van der Waals surface area contributed by atoms with E-state index >= 15 is 0 Å². The molecule has 0 saturated heterocycles. The molecule has 1 unspecified atom stereocenters. The molecule has 0 aromatic heterocycles. The van der Waals surface area contributed by atoms with Crippen molar-refractivity contribution in [3.63, 3.8) is 0 Å². The van der Waals surface area contributed by atoms with Gasteiger partial charge in [0.25, 0.3) is 0 Å². The summed E-state index contributed by atoms with van der Waals surface area (Å²) in [5.74, 6) is -0.797. The Kier molecular flexibility index (Phi) is 5.88. The molecule has 1 N–H and O–H groups in total. The summed E-state index contributed by atoms with van der Waals surface area (Å²) in [5, 5.41) is 3.17. The number of ether oxygens (including phenoxy) is 1. The predicted octanol–water partition coefficient (Wildman–Crippen LogP) is 4.00. The van der Waals surface area contributed by atoms with Crippen molar-refractivity contribution in [1.82, 2.24) is 0 Å². The minimum absolute atomic E-state index is 0.213.